The number of aromatic hydroxyl groups is 1. The molecule has 0 aliphatic rings. The van der Waals surface area contributed by atoms with Crippen LogP contribution in [0.15, 0.2) is 48.5 Å². The summed E-state index contributed by atoms with van der Waals surface area (Å²) < 4.78 is 0. The van der Waals surface area contributed by atoms with Crippen molar-refractivity contribution in [2.45, 2.75) is 19.8 Å². The van der Waals surface area contributed by atoms with Crippen molar-refractivity contribution in [3.05, 3.63) is 59.7 Å². The standard InChI is InChI=1S/C18H20N2O3/c1-2-19-18(23)14-7-5-8-15(12-14)20-17(22)11-10-13-6-3-4-9-16(13)21/h3-9,12,21H,2,10-11H2,1H3,(H,19,23)(H,20,22). The fourth-order valence-corrected chi connectivity index (χ4v) is 2.19. The Kier molecular flexibility index (Phi) is 5.74. The highest BCUT2D eigenvalue weighted by molar-refractivity contribution is 5.97. The molecular weight excluding hydrogens is 292 g/mol. The molecule has 0 saturated carbocycles. The second-order valence-electron chi connectivity index (χ2n) is 5.12. The van der Waals surface area contributed by atoms with Gasteiger partial charge in [-0.3, -0.25) is 9.59 Å². The molecule has 0 atom stereocenters. The monoisotopic (exact) mass is 312 g/mol. The molecule has 5 nitrogen and oxygen atoms in total. The number of anilines is 1. The van der Waals surface area contributed by atoms with Crippen LogP contribution in [0.25, 0.3) is 0 Å². The summed E-state index contributed by atoms with van der Waals surface area (Å²) in [4.78, 5) is 23.8. The van der Waals surface area contributed by atoms with Crippen molar-refractivity contribution in [3.8, 4) is 5.75 Å². The topological polar surface area (TPSA) is 78.4 Å². The molecule has 5 heteroatoms. The van der Waals surface area contributed by atoms with Gasteiger partial charge in [-0.1, -0.05) is 24.3 Å². The molecule has 0 aliphatic heterocycles. The van der Waals surface area contributed by atoms with Gasteiger partial charge in [-0.2, -0.15) is 0 Å². The number of benzene rings is 2. The van der Waals surface area contributed by atoms with Crippen molar-refractivity contribution in [2.75, 3.05) is 11.9 Å². The van der Waals surface area contributed by atoms with Gasteiger partial charge in [0.2, 0.25) is 5.91 Å². The predicted molar refractivity (Wildman–Crippen MR) is 89.5 cm³/mol. The zero-order valence-electron chi connectivity index (χ0n) is 13.0. The minimum Gasteiger partial charge on any atom is -0.508 e. The van der Waals surface area contributed by atoms with Gasteiger partial charge in [-0.05, 0) is 43.2 Å². The van der Waals surface area contributed by atoms with Crippen molar-refractivity contribution in [3.63, 3.8) is 0 Å². The Bertz CT molecular complexity index is 698. The van der Waals surface area contributed by atoms with Crippen LogP contribution in [0.1, 0.15) is 29.3 Å². The van der Waals surface area contributed by atoms with Crippen LogP contribution in [0.3, 0.4) is 0 Å². The first kappa shape index (κ1) is 16.5. The molecule has 0 unspecified atom stereocenters. The lowest BCUT2D eigenvalue weighted by atomic mass is 10.1. The molecule has 120 valence electrons. The Labute approximate surface area is 135 Å². The lowest BCUT2D eigenvalue weighted by Crippen LogP contribution is -2.22. The summed E-state index contributed by atoms with van der Waals surface area (Å²) in [6.07, 6.45) is 0.706. The van der Waals surface area contributed by atoms with Crippen molar-refractivity contribution >= 4 is 17.5 Å². The van der Waals surface area contributed by atoms with Gasteiger partial charge >= 0.3 is 0 Å². The van der Waals surface area contributed by atoms with Gasteiger partial charge in [0, 0.05) is 24.2 Å². The van der Waals surface area contributed by atoms with E-state index in [0.29, 0.717) is 24.2 Å². The highest BCUT2D eigenvalue weighted by atomic mass is 16.3. The summed E-state index contributed by atoms with van der Waals surface area (Å²) in [5.41, 5.74) is 1.82. The van der Waals surface area contributed by atoms with Crippen LogP contribution in [0.2, 0.25) is 0 Å². The van der Waals surface area contributed by atoms with Crippen LogP contribution in [0.4, 0.5) is 5.69 Å². The molecule has 0 spiro atoms. The van der Waals surface area contributed by atoms with Crippen molar-refractivity contribution in [1.82, 2.24) is 5.32 Å². The van der Waals surface area contributed by atoms with Crippen molar-refractivity contribution in [1.29, 1.82) is 0 Å². The van der Waals surface area contributed by atoms with Gasteiger partial charge in [0.05, 0.1) is 0 Å². The van der Waals surface area contributed by atoms with Crippen LogP contribution >= 0.6 is 0 Å². The van der Waals surface area contributed by atoms with Crippen molar-refractivity contribution < 1.29 is 14.7 Å². The maximum atomic E-state index is 12.0. The van der Waals surface area contributed by atoms with Gasteiger partial charge < -0.3 is 15.7 Å². The van der Waals surface area contributed by atoms with Crippen LogP contribution in [0.5, 0.6) is 5.75 Å². The molecular formula is C18H20N2O3. The summed E-state index contributed by atoms with van der Waals surface area (Å²) in [6.45, 7) is 2.40. The molecule has 0 bridgehead atoms. The lowest BCUT2D eigenvalue weighted by Gasteiger charge is -2.08. The maximum Gasteiger partial charge on any atom is 0.251 e. The van der Waals surface area contributed by atoms with Gasteiger partial charge in [0.15, 0.2) is 0 Å². The minimum atomic E-state index is -0.169. The third kappa shape index (κ3) is 4.85. The number of carbonyl (C=O) groups excluding carboxylic acids is 2. The van der Waals surface area contributed by atoms with E-state index < -0.39 is 0 Å². The van der Waals surface area contributed by atoms with Crippen molar-refractivity contribution in [2.24, 2.45) is 0 Å². The fourth-order valence-electron chi connectivity index (χ4n) is 2.19. The van der Waals surface area contributed by atoms with E-state index in [1.807, 2.05) is 13.0 Å². The number of amides is 2. The van der Waals surface area contributed by atoms with E-state index in [2.05, 4.69) is 10.6 Å². The first-order chi connectivity index (χ1) is 11.1. The quantitative estimate of drug-likeness (QED) is 0.767. The van der Waals surface area contributed by atoms with E-state index >= 15 is 0 Å². The number of carbonyl (C=O) groups is 2. The Morgan fingerprint density at radius 2 is 1.87 bits per heavy atom. The molecule has 0 aliphatic carbocycles. The average Bonchev–Trinajstić information content (AvgIpc) is 2.54. The van der Waals surface area contributed by atoms with Crippen LogP contribution < -0.4 is 10.6 Å². The number of hydrogen-bond donors (Lipinski definition) is 3. The third-order valence-electron chi connectivity index (χ3n) is 3.36. The highest BCUT2D eigenvalue weighted by Crippen LogP contribution is 2.18. The number of para-hydroxylation sites is 1. The van der Waals surface area contributed by atoms with Gasteiger partial charge in [-0.25, -0.2) is 0 Å². The summed E-state index contributed by atoms with van der Waals surface area (Å²) >= 11 is 0. The van der Waals surface area contributed by atoms with Crippen LogP contribution in [0, 0.1) is 0 Å². The number of phenolic OH excluding ortho intramolecular Hbond substituents is 1. The summed E-state index contributed by atoms with van der Waals surface area (Å²) in [7, 11) is 0. The summed E-state index contributed by atoms with van der Waals surface area (Å²) in [5, 5.41) is 15.2. The first-order valence-electron chi connectivity index (χ1n) is 7.55. The Hall–Kier alpha value is -2.82. The fraction of sp³-hybridized carbons (Fsp3) is 0.222. The second-order valence-corrected chi connectivity index (χ2v) is 5.12. The number of rotatable bonds is 6. The molecule has 2 amide bonds. The van der Waals surface area contributed by atoms with E-state index in [0.717, 1.165) is 5.56 Å². The lowest BCUT2D eigenvalue weighted by molar-refractivity contribution is -0.116. The van der Waals surface area contributed by atoms with E-state index in [1.54, 1.807) is 42.5 Å². The second kappa shape index (κ2) is 7.98. The zero-order chi connectivity index (χ0) is 16.7. The molecule has 0 radical (unpaired) electrons. The summed E-state index contributed by atoms with van der Waals surface area (Å²) in [6, 6.07) is 13.8. The third-order valence-corrected chi connectivity index (χ3v) is 3.36. The molecule has 0 aromatic heterocycles. The smallest absolute Gasteiger partial charge is 0.251 e. The zero-order valence-corrected chi connectivity index (χ0v) is 13.0. The Balaban J connectivity index is 1.94. The Morgan fingerprint density at radius 3 is 2.61 bits per heavy atom. The number of nitrogens with one attached hydrogen (secondary N) is 2. The molecule has 23 heavy (non-hydrogen) atoms. The molecule has 2 aromatic carbocycles. The van der Waals surface area contributed by atoms with E-state index in [1.165, 1.54) is 0 Å². The number of hydrogen-bond acceptors (Lipinski definition) is 3. The van der Waals surface area contributed by atoms with Gasteiger partial charge in [0.1, 0.15) is 5.75 Å². The number of aryl methyl sites for hydroxylation is 1. The molecule has 0 fully saturated rings. The average molecular weight is 312 g/mol. The maximum absolute atomic E-state index is 12.0. The largest absolute Gasteiger partial charge is 0.508 e. The van der Waals surface area contributed by atoms with E-state index in [-0.39, 0.29) is 24.0 Å². The van der Waals surface area contributed by atoms with Gasteiger partial charge in [0.25, 0.3) is 5.91 Å². The van der Waals surface area contributed by atoms with E-state index in [4.69, 9.17) is 0 Å². The molecule has 3 N–H and O–H groups in total. The Morgan fingerprint density at radius 1 is 1.09 bits per heavy atom. The molecule has 0 saturated heterocycles. The van der Waals surface area contributed by atoms with E-state index in [9.17, 15) is 14.7 Å². The van der Waals surface area contributed by atoms with Crippen LogP contribution in [-0.4, -0.2) is 23.5 Å². The predicted octanol–water partition coefficient (Wildman–Crippen LogP) is 2.71. The number of phenols is 1. The minimum absolute atomic E-state index is 0.165. The van der Waals surface area contributed by atoms with Gasteiger partial charge in [-0.15, -0.1) is 0 Å². The SMILES string of the molecule is CCNC(=O)c1cccc(NC(=O)CCc2ccccc2O)c1. The molecule has 2 aromatic rings. The molecule has 2 rings (SSSR count). The van der Waals surface area contributed by atoms with Crippen LogP contribution in [-0.2, 0) is 11.2 Å². The molecule has 0 heterocycles. The highest BCUT2D eigenvalue weighted by Gasteiger charge is 2.08. The first-order valence-corrected chi connectivity index (χ1v) is 7.55. The normalized spacial score (nSPS) is 10.1. The summed E-state index contributed by atoms with van der Waals surface area (Å²) in [5.74, 6) is -0.141.